The first-order valence-corrected chi connectivity index (χ1v) is 6.53. The number of halogens is 1. The van der Waals surface area contributed by atoms with Crippen molar-refractivity contribution in [2.45, 2.75) is 24.9 Å². The molecule has 7 heteroatoms. The Labute approximate surface area is 119 Å². The number of rotatable bonds is 2. The van der Waals surface area contributed by atoms with E-state index in [1.54, 1.807) is 18.2 Å². The van der Waals surface area contributed by atoms with Crippen LogP contribution in [0.4, 0.5) is 10.5 Å². The molecule has 1 aromatic carbocycles. The van der Waals surface area contributed by atoms with E-state index in [-0.39, 0.29) is 5.91 Å². The van der Waals surface area contributed by atoms with Crippen LogP contribution in [0.5, 0.6) is 0 Å². The third-order valence-electron chi connectivity index (χ3n) is 3.65. The summed E-state index contributed by atoms with van der Waals surface area (Å²) in [6.45, 7) is 0. The third-order valence-corrected chi connectivity index (χ3v) is 3.89. The van der Waals surface area contributed by atoms with Crippen molar-refractivity contribution in [3.8, 4) is 0 Å². The molecule has 0 radical (unpaired) electrons. The van der Waals surface area contributed by atoms with E-state index in [9.17, 15) is 14.4 Å². The number of anilines is 1. The van der Waals surface area contributed by atoms with E-state index in [2.05, 4.69) is 0 Å². The smallest absolute Gasteiger partial charge is 0.332 e. The van der Waals surface area contributed by atoms with Gasteiger partial charge in [-0.3, -0.25) is 9.69 Å². The van der Waals surface area contributed by atoms with Gasteiger partial charge >= 0.3 is 12.0 Å². The number of carbonyl (C=O) groups excluding carboxylic acids is 2. The van der Waals surface area contributed by atoms with Crippen LogP contribution in [0.15, 0.2) is 24.3 Å². The normalized spacial score (nSPS) is 25.2. The van der Waals surface area contributed by atoms with Crippen LogP contribution >= 0.6 is 11.6 Å². The van der Waals surface area contributed by atoms with Crippen LogP contribution in [0, 0.1) is 0 Å². The highest BCUT2D eigenvalue weighted by molar-refractivity contribution is 6.31. The molecule has 2 fully saturated rings. The average molecular weight is 295 g/mol. The Hall–Kier alpha value is -2.08. The Morgan fingerprint density at radius 3 is 2.70 bits per heavy atom. The Morgan fingerprint density at radius 2 is 2.05 bits per heavy atom. The molecule has 20 heavy (non-hydrogen) atoms. The fourth-order valence-electron chi connectivity index (χ4n) is 2.77. The lowest BCUT2D eigenvalue weighted by atomic mass is 10.1. The molecule has 2 atom stereocenters. The van der Waals surface area contributed by atoms with Crippen LogP contribution in [0.3, 0.4) is 0 Å². The van der Waals surface area contributed by atoms with E-state index in [0.717, 1.165) is 9.80 Å². The lowest BCUT2D eigenvalue weighted by Gasteiger charge is -2.20. The number of carboxylic acid groups (broad SMARTS) is 1. The molecule has 0 spiro atoms. The van der Waals surface area contributed by atoms with Crippen molar-refractivity contribution in [2.75, 3.05) is 4.90 Å². The van der Waals surface area contributed by atoms with Gasteiger partial charge in [0, 0.05) is 5.02 Å². The molecular formula is C13H11ClN2O4. The van der Waals surface area contributed by atoms with Crippen molar-refractivity contribution in [3.05, 3.63) is 29.3 Å². The summed E-state index contributed by atoms with van der Waals surface area (Å²) in [5, 5.41) is 9.53. The number of fused-ring (bicyclic) bond motifs is 1. The molecule has 2 aliphatic heterocycles. The highest BCUT2D eigenvalue weighted by Gasteiger charge is 2.54. The van der Waals surface area contributed by atoms with Crippen molar-refractivity contribution in [3.63, 3.8) is 0 Å². The molecule has 0 aliphatic carbocycles. The number of benzene rings is 1. The fraction of sp³-hybridized carbons (Fsp3) is 0.308. The Kier molecular flexibility index (Phi) is 2.90. The lowest BCUT2D eigenvalue weighted by molar-refractivity contribution is -0.141. The van der Waals surface area contributed by atoms with Crippen molar-refractivity contribution in [1.82, 2.24) is 4.90 Å². The molecular weight excluding hydrogens is 284 g/mol. The van der Waals surface area contributed by atoms with Crippen molar-refractivity contribution >= 4 is 35.2 Å². The van der Waals surface area contributed by atoms with E-state index in [0.29, 0.717) is 23.6 Å². The molecule has 0 aromatic heterocycles. The predicted octanol–water partition coefficient (Wildman–Crippen LogP) is 1.72. The van der Waals surface area contributed by atoms with Crippen LogP contribution < -0.4 is 4.90 Å². The first kappa shape index (κ1) is 12.9. The largest absolute Gasteiger partial charge is 0.480 e. The zero-order chi connectivity index (χ0) is 14.4. The molecule has 0 unspecified atom stereocenters. The topological polar surface area (TPSA) is 77.9 Å². The predicted molar refractivity (Wildman–Crippen MR) is 70.6 cm³/mol. The molecule has 1 aromatic rings. The number of hydrogen-bond acceptors (Lipinski definition) is 3. The zero-order valence-corrected chi connectivity index (χ0v) is 11.1. The van der Waals surface area contributed by atoms with Gasteiger partial charge in [-0.15, -0.1) is 0 Å². The quantitative estimate of drug-likeness (QED) is 0.843. The first-order valence-electron chi connectivity index (χ1n) is 6.15. The van der Waals surface area contributed by atoms with Gasteiger partial charge in [-0.25, -0.2) is 14.5 Å². The van der Waals surface area contributed by atoms with Gasteiger partial charge in [0.25, 0.3) is 5.91 Å². The molecule has 0 bridgehead atoms. The molecule has 1 N–H and O–H groups in total. The second kappa shape index (κ2) is 4.49. The number of aliphatic carboxylic acids is 1. The summed E-state index contributed by atoms with van der Waals surface area (Å²) in [5.74, 6) is -1.47. The summed E-state index contributed by atoms with van der Waals surface area (Å²) < 4.78 is 0. The summed E-state index contributed by atoms with van der Waals surface area (Å²) in [4.78, 5) is 38.0. The number of carboxylic acids is 1. The third kappa shape index (κ3) is 1.76. The maximum atomic E-state index is 12.3. The van der Waals surface area contributed by atoms with Gasteiger partial charge in [0.1, 0.15) is 12.1 Å². The summed E-state index contributed by atoms with van der Waals surface area (Å²) in [7, 11) is 0. The molecule has 2 saturated heterocycles. The van der Waals surface area contributed by atoms with Crippen LogP contribution in [-0.2, 0) is 9.59 Å². The highest BCUT2D eigenvalue weighted by Crippen LogP contribution is 2.35. The van der Waals surface area contributed by atoms with Crippen LogP contribution in [0.25, 0.3) is 0 Å². The minimum atomic E-state index is -1.08. The maximum absolute atomic E-state index is 12.3. The number of imide groups is 1. The van der Waals surface area contributed by atoms with E-state index < -0.39 is 24.1 Å². The van der Waals surface area contributed by atoms with E-state index in [1.165, 1.54) is 6.07 Å². The number of nitrogens with zero attached hydrogens (tertiary/aromatic N) is 2. The minimum absolute atomic E-state index is 0.306. The number of carbonyl (C=O) groups is 3. The monoisotopic (exact) mass is 294 g/mol. The SMILES string of the molecule is O=C(O)[C@H]1CC[C@@H]2C(=O)N(c3cccc(Cl)c3)C(=O)N12. The van der Waals surface area contributed by atoms with Gasteiger partial charge in [-0.1, -0.05) is 17.7 Å². The molecule has 2 heterocycles. The standard InChI is InChI=1S/C13H11ClN2O4/c14-7-2-1-3-8(6-7)15-11(17)9-4-5-10(12(18)19)16(9)13(15)20/h1-3,6,9-10H,4-5H2,(H,18,19)/t9-,10-/m1/s1. The summed E-state index contributed by atoms with van der Waals surface area (Å²) in [5.41, 5.74) is 0.367. The highest BCUT2D eigenvalue weighted by atomic mass is 35.5. The second-order valence-electron chi connectivity index (χ2n) is 4.79. The molecule has 6 nitrogen and oxygen atoms in total. The number of urea groups is 1. The first-order chi connectivity index (χ1) is 9.50. The Morgan fingerprint density at radius 1 is 1.30 bits per heavy atom. The minimum Gasteiger partial charge on any atom is -0.480 e. The lowest BCUT2D eigenvalue weighted by Crippen LogP contribution is -2.42. The number of amides is 3. The van der Waals surface area contributed by atoms with Gasteiger partial charge in [0.15, 0.2) is 0 Å². The van der Waals surface area contributed by atoms with Crippen molar-refractivity contribution in [1.29, 1.82) is 0 Å². The summed E-state index contributed by atoms with van der Waals surface area (Å²) in [6, 6.07) is 4.18. The molecule has 3 rings (SSSR count). The average Bonchev–Trinajstić information content (AvgIpc) is 2.91. The second-order valence-corrected chi connectivity index (χ2v) is 5.23. The Balaban J connectivity index is 1.98. The van der Waals surface area contributed by atoms with Gasteiger partial charge in [-0.2, -0.15) is 0 Å². The zero-order valence-electron chi connectivity index (χ0n) is 10.3. The van der Waals surface area contributed by atoms with Crippen LogP contribution in [-0.4, -0.2) is 40.0 Å². The van der Waals surface area contributed by atoms with E-state index in [4.69, 9.17) is 16.7 Å². The maximum Gasteiger partial charge on any atom is 0.332 e. The van der Waals surface area contributed by atoms with Crippen LogP contribution in [0.1, 0.15) is 12.8 Å². The fourth-order valence-corrected chi connectivity index (χ4v) is 2.96. The van der Waals surface area contributed by atoms with Gasteiger partial charge < -0.3 is 5.11 Å². The van der Waals surface area contributed by atoms with Crippen molar-refractivity contribution in [2.24, 2.45) is 0 Å². The van der Waals surface area contributed by atoms with E-state index in [1.807, 2.05) is 0 Å². The summed E-state index contributed by atoms with van der Waals surface area (Å²) in [6.07, 6.45) is 0.680. The summed E-state index contributed by atoms with van der Waals surface area (Å²) >= 11 is 5.86. The van der Waals surface area contributed by atoms with Crippen molar-refractivity contribution < 1.29 is 19.5 Å². The van der Waals surface area contributed by atoms with Gasteiger partial charge in [-0.05, 0) is 31.0 Å². The van der Waals surface area contributed by atoms with Gasteiger partial charge in [0.2, 0.25) is 0 Å². The van der Waals surface area contributed by atoms with Crippen LogP contribution in [0.2, 0.25) is 5.02 Å². The molecule has 2 aliphatic rings. The molecule has 3 amide bonds. The van der Waals surface area contributed by atoms with E-state index >= 15 is 0 Å². The molecule has 0 saturated carbocycles. The Bertz CT molecular complexity index is 618. The van der Waals surface area contributed by atoms with Gasteiger partial charge in [0.05, 0.1) is 5.69 Å². The molecule has 104 valence electrons. The number of hydrogen-bond donors (Lipinski definition) is 1.